The molecule has 6 nitrogen and oxygen atoms in total. The number of carbonyl (C=O) groups is 1. The van der Waals surface area contributed by atoms with Gasteiger partial charge in [-0.25, -0.2) is 8.42 Å². The fourth-order valence-corrected chi connectivity index (χ4v) is 4.68. The minimum absolute atomic E-state index is 0.132. The van der Waals surface area contributed by atoms with Crippen molar-refractivity contribution in [1.29, 1.82) is 0 Å². The van der Waals surface area contributed by atoms with Crippen LogP contribution in [0.15, 0.2) is 53.4 Å². The molecule has 0 saturated carbocycles. The lowest BCUT2D eigenvalue weighted by Gasteiger charge is -2.28. The Morgan fingerprint density at radius 3 is 2.39 bits per heavy atom. The van der Waals surface area contributed by atoms with Gasteiger partial charge in [-0.1, -0.05) is 36.4 Å². The van der Waals surface area contributed by atoms with Crippen molar-refractivity contribution in [3.05, 3.63) is 65.2 Å². The van der Waals surface area contributed by atoms with E-state index in [2.05, 4.69) is 0 Å². The zero-order valence-corrected chi connectivity index (χ0v) is 17.3. The number of ether oxygens (including phenoxy) is 1. The Labute approximate surface area is 166 Å². The summed E-state index contributed by atoms with van der Waals surface area (Å²) < 4.78 is 32.5. The molecule has 1 saturated heterocycles. The molecule has 1 aliphatic heterocycles. The van der Waals surface area contributed by atoms with Crippen molar-refractivity contribution in [3.8, 4) is 0 Å². The standard InChI is InChI=1S/C21H26N2O4S/c1-16-9-10-19(28(25,26)23-11-13-27-14-12-23)15-20(16)21(24)22(3)17(2)18-7-5-4-6-8-18/h4-10,15,17H,11-14H2,1-3H3/t17-/m0/s1. The van der Waals surface area contributed by atoms with E-state index in [1.54, 1.807) is 24.1 Å². The van der Waals surface area contributed by atoms with Gasteiger partial charge in [0.15, 0.2) is 0 Å². The van der Waals surface area contributed by atoms with Crippen LogP contribution in [0.5, 0.6) is 0 Å². The molecule has 0 bridgehead atoms. The molecule has 0 aromatic heterocycles. The van der Waals surface area contributed by atoms with E-state index < -0.39 is 10.0 Å². The first-order chi connectivity index (χ1) is 13.3. The van der Waals surface area contributed by atoms with Crippen LogP contribution in [0, 0.1) is 6.92 Å². The lowest BCUT2D eigenvalue weighted by molar-refractivity contribution is 0.0728. The van der Waals surface area contributed by atoms with Crippen LogP contribution in [0.2, 0.25) is 0 Å². The molecule has 3 rings (SSSR count). The molecule has 2 aromatic carbocycles. The van der Waals surface area contributed by atoms with Crippen molar-refractivity contribution in [3.63, 3.8) is 0 Å². The summed E-state index contributed by atoms with van der Waals surface area (Å²) in [4.78, 5) is 14.9. The molecule has 28 heavy (non-hydrogen) atoms. The molecule has 1 heterocycles. The number of aryl methyl sites for hydroxylation is 1. The van der Waals surface area contributed by atoms with Gasteiger partial charge in [-0.15, -0.1) is 0 Å². The number of rotatable bonds is 5. The summed E-state index contributed by atoms with van der Waals surface area (Å²) in [7, 11) is -1.91. The first-order valence-electron chi connectivity index (χ1n) is 9.33. The smallest absolute Gasteiger partial charge is 0.254 e. The molecule has 1 amide bonds. The maximum atomic E-state index is 13.1. The highest BCUT2D eigenvalue weighted by atomic mass is 32.2. The normalized spacial score (nSPS) is 16.5. The van der Waals surface area contributed by atoms with Gasteiger partial charge in [0.1, 0.15) is 0 Å². The molecule has 1 atom stereocenters. The summed E-state index contributed by atoms with van der Waals surface area (Å²) in [5.41, 5.74) is 2.17. The Bertz CT molecular complexity index is 938. The van der Waals surface area contributed by atoms with Gasteiger partial charge in [0.05, 0.1) is 24.2 Å². The molecule has 1 fully saturated rings. The van der Waals surface area contributed by atoms with E-state index in [4.69, 9.17) is 4.74 Å². The summed E-state index contributed by atoms with van der Waals surface area (Å²) in [5.74, 6) is -0.201. The van der Waals surface area contributed by atoms with Crippen molar-refractivity contribution in [2.45, 2.75) is 24.8 Å². The van der Waals surface area contributed by atoms with Crippen molar-refractivity contribution in [2.75, 3.05) is 33.4 Å². The number of morpholine rings is 1. The second-order valence-corrected chi connectivity index (χ2v) is 8.93. The maximum Gasteiger partial charge on any atom is 0.254 e. The number of hydrogen-bond acceptors (Lipinski definition) is 4. The largest absolute Gasteiger partial charge is 0.379 e. The first-order valence-corrected chi connectivity index (χ1v) is 10.8. The van der Waals surface area contributed by atoms with Gasteiger partial charge in [-0.2, -0.15) is 4.31 Å². The van der Waals surface area contributed by atoms with E-state index in [0.717, 1.165) is 11.1 Å². The molecule has 150 valence electrons. The zero-order chi connectivity index (χ0) is 20.3. The molecule has 0 N–H and O–H groups in total. The van der Waals surface area contributed by atoms with Crippen LogP contribution >= 0.6 is 0 Å². The Hall–Kier alpha value is -2.22. The molecule has 0 unspecified atom stereocenters. The van der Waals surface area contributed by atoms with Crippen molar-refractivity contribution in [2.24, 2.45) is 0 Å². The monoisotopic (exact) mass is 402 g/mol. The predicted molar refractivity (Wildman–Crippen MR) is 108 cm³/mol. The molecule has 0 radical (unpaired) electrons. The van der Waals surface area contributed by atoms with E-state index in [1.807, 2.05) is 44.2 Å². The SMILES string of the molecule is Cc1ccc(S(=O)(=O)N2CCOCC2)cc1C(=O)N(C)[C@@H](C)c1ccccc1. The van der Waals surface area contributed by atoms with E-state index in [0.29, 0.717) is 31.9 Å². The van der Waals surface area contributed by atoms with Gasteiger partial charge in [0.25, 0.3) is 5.91 Å². The van der Waals surface area contributed by atoms with Gasteiger partial charge >= 0.3 is 0 Å². The van der Waals surface area contributed by atoms with E-state index in [9.17, 15) is 13.2 Å². The third-order valence-corrected chi connectivity index (χ3v) is 7.13. The highest BCUT2D eigenvalue weighted by Crippen LogP contribution is 2.25. The summed E-state index contributed by atoms with van der Waals surface area (Å²) in [6, 6.07) is 14.4. The average molecular weight is 403 g/mol. The second-order valence-electron chi connectivity index (χ2n) is 7.00. The van der Waals surface area contributed by atoms with Crippen LogP contribution in [0.4, 0.5) is 0 Å². The van der Waals surface area contributed by atoms with Crippen LogP contribution in [0.25, 0.3) is 0 Å². The van der Waals surface area contributed by atoms with Crippen LogP contribution in [0.3, 0.4) is 0 Å². The van der Waals surface area contributed by atoms with Gasteiger partial charge in [-0.3, -0.25) is 4.79 Å². The number of sulfonamides is 1. The number of hydrogen-bond donors (Lipinski definition) is 0. The third-order valence-electron chi connectivity index (χ3n) is 5.23. The Kier molecular flexibility index (Phi) is 6.17. The molecule has 1 aliphatic rings. The maximum absolute atomic E-state index is 13.1. The quantitative estimate of drug-likeness (QED) is 0.771. The molecule has 0 aliphatic carbocycles. The van der Waals surface area contributed by atoms with Crippen LogP contribution in [-0.4, -0.2) is 56.9 Å². The molecule has 2 aromatic rings. The van der Waals surface area contributed by atoms with Crippen molar-refractivity contribution >= 4 is 15.9 Å². The van der Waals surface area contributed by atoms with Gasteiger partial charge in [-0.05, 0) is 37.1 Å². The average Bonchev–Trinajstić information content (AvgIpc) is 2.73. The van der Waals surface area contributed by atoms with E-state index in [1.165, 1.54) is 10.4 Å². The summed E-state index contributed by atoms with van der Waals surface area (Å²) >= 11 is 0. The molecular formula is C21H26N2O4S. The third kappa shape index (κ3) is 4.11. The van der Waals surface area contributed by atoms with Gasteiger partial charge in [0.2, 0.25) is 10.0 Å². The van der Waals surface area contributed by atoms with E-state index >= 15 is 0 Å². The van der Waals surface area contributed by atoms with Crippen LogP contribution in [0.1, 0.15) is 34.5 Å². The molecule has 7 heteroatoms. The predicted octanol–water partition coefficient (Wildman–Crippen LogP) is 2.85. The Morgan fingerprint density at radius 1 is 1.11 bits per heavy atom. The fraction of sp³-hybridized carbons (Fsp3) is 0.381. The lowest BCUT2D eigenvalue weighted by Crippen LogP contribution is -2.40. The van der Waals surface area contributed by atoms with Crippen molar-refractivity contribution < 1.29 is 17.9 Å². The molecule has 0 spiro atoms. The highest BCUT2D eigenvalue weighted by Gasteiger charge is 2.28. The summed E-state index contributed by atoms with van der Waals surface area (Å²) in [5, 5.41) is 0. The number of benzene rings is 2. The Balaban J connectivity index is 1.89. The summed E-state index contributed by atoms with van der Waals surface area (Å²) in [6.07, 6.45) is 0. The number of carbonyl (C=O) groups excluding carboxylic acids is 1. The Morgan fingerprint density at radius 2 is 1.75 bits per heavy atom. The molecular weight excluding hydrogens is 376 g/mol. The van der Waals surface area contributed by atoms with Gasteiger partial charge < -0.3 is 9.64 Å². The minimum atomic E-state index is -3.65. The van der Waals surface area contributed by atoms with E-state index in [-0.39, 0.29) is 16.8 Å². The van der Waals surface area contributed by atoms with Crippen LogP contribution in [-0.2, 0) is 14.8 Å². The topological polar surface area (TPSA) is 66.9 Å². The highest BCUT2D eigenvalue weighted by molar-refractivity contribution is 7.89. The first kappa shape index (κ1) is 20.5. The lowest BCUT2D eigenvalue weighted by atomic mass is 10.0. The number of nitrogens with zero attached hydrogens (tertiary/aromatic N) is 2. The number of amides is 1. The fourth-order valence-electron chi connectivity index (χ4n) is 3.25. The van der Waals surface area contributed by atoms with Crippen molar-refractivity contribution in [1.82, 2.24) is 9.21 Å². The summed E-state index contributed by atoms with van der Waals surface area (Å²) in [6.45, 7) is 5.19. The second kappa shape index (κ2) is 8.43. The van der Waals surface area contributed by atoms with Crippen LogP contribution < -0.4 is 0 Å². The zero-order valence-electron chi connectivity index (χ0n) is 16.5. The van der Waals surface area contributed by atoms with Gasteiger partial charge in [0, 0.05) is 25.7 Å². The minimum Gasteiger partial charge on any atom is -0.379 e.